The predicted molar refractivity (Wildman–Crippen MR) is 158 cm³/mol. The molecule has 3 aromatic carbocycles. The third-order valence-corrected chi connectivity index (χ3v) is 7.51. The van der Waals surface area contributed by atoms with Gasteiger partial charge in [0.15, 0.2) is 0 Å². The fraction of sp³-hybridized carbons (Fsp3) is 0.303. The number of aromatic nitrogens is 2. The summed E-state index contributed by atoms with van der Waals surface area (Å²) >= 11 is 0. The van der Waals surface area contributed by atoms with Crippen molar-refractivity contribution in [2.24, 2.45) is 0 Å². The van der Waals surface area contributed by atoms with Crippen molar-refractivity contribution in [1.82, 2.24) is 19.6 Å². The molecule has 0 atom stereocenters. The molecule has 0 spiro atoms. The second kappa shape index (κ2) is 13.4. The minimum Gasteiger partial charge on any atom is -0.337 e. The minimum absolute atomic E-state index is 0.0239. The van der Waals surface area contributed by atoms with Gasteiger partial charge in [-0.1, -0.05) is 48.5 Å². The van der Waals surface area contributed by atoms with E-state index in [2.05, 4.69) is 22.1 Å². The zero-order valence-corrected chi connectivity index (χ0v) is 23.5. The largest absolute Gasteiger partial charge is 0.337 e. The Hall–Kier alpha value is -4.30. The van der Waals surface area contributed by atoms with Crippen LogP contribution in [0.15, 0.2) is 91.3 Å². The van der Waals surface area contributed by atoms with Gasteiger partial charge in [-0.15, -0.1) is 0 Å². The number of carbonyl (C=O) groups excluding carboxylic acids is 2. The summed E-state index contributed by atoms with van der Waals surface area (Å²) in [6.45, 7) is 6.03. The molecule has 1 aliphatic heterocycles. The van der Waals surface area contributed by atoms with Crippen LogP contribution in [-0.2, 0) is 24.4 Å². The van der Waals surface area contributed by atoms with Crippen molar-refractivity contribution in [3.05, 3.63) is 119 Å². The van der Waals surface area contributed by atoms with Gasteiger partial charge in [0, 0.05) is 57.2 Å². The molecule has 0 N–H and O–H groups in total. The smallest absolute Gasteiger partial charge is 0.258 e. The summed E-state index contributed by atoms with van der Waals surface area (Å²) in [5.74, 6) is -0.583. The molecule has 0 radical (unpaired) electrons. The first-order valence-corrected chi connectivity index (χ1v) is 14.2. The molecule has 2 heterocycles. The lowest BCUT2D eigenvalue weighted by atomic mass is 10.0. The number of hydrogen-bond acceptors (Lipinski definition) is 4. The van der Waals surface area contributed by atoms with Crippen LogP contribution >= 0.6 is 0 Å². The second-order valence-electron chi connectivity index (χ2n) is 10.5. The number of amides is 2. The summed E-state index contributed by atoms with van der Waals surface area (Å²) < 4.78 is 15.3. The number of benzene rings is 3. The molecular weight excluding hydrogens is 517 g/mol. The molecule has 0 fully saturated rings. The van der Waals surface area contributed by atoms with Gasteiger partial charge in [0.1, 0.15) is 12.4 Å². The van der Waals surface area contributed by atoms with Crippen LogP contribution in [0.3, 0.4) is 0 Å². The highest BCUT2D eigenvalue weighted by Crippen LogP contribution is 2.29. The highest BCUT2D eigenvalue weighted by atomic mass is 19.1. The van der Waals surface area contributed by atoms with Crippen LogP contribution in [0.5, 0.6) is 0 Å². The summed E-state index contributed by atoms with van der Waals surface area (Å²) in [4.78, 5) is 33.6. The number of nitrogens with zero attached hydrogens (tertiary/aromatic N) is 5. The molecule has 0 saturated heterocycles. The van der Waals surface area contributed by atoms with E-state index in [-0.39, 0.29) is 24.2 Å². The number of para-hydroxylation sites is 1. The molecule has 1 aliphatic rings. The summed E-state index contributed by atoms with van der Waals surface area (Å²) in [5.41, 5.74) is 4.34. The quantitative estimate of drug-likeness (QED) is 0.337. The molecule has 0 aliphatic carbocycles. The Bertz CT molecular complexity index is 1440. The van der Waals surface area contributed by atoms with Crippen molar-refractivity contribution in [2.45, 2.75) is 39.4 Å². The second-order valence-corrected chi connectivity index (χ2v) is 10.5. The Labute approximate surface area is 240 Å². The van der Waals surface area contributed by atoms with E-state index in [1.54, 1.807) is 17.1 Å². The molecule has 41 heavy (non-hydrogen) atoms. The van der Waals surface area contributed by atoms with Gasteiger partial charge in [0.2, 0.25) is 5.91 Å². The Balaban J connectivity index is 1.49. The van der Waals surface area contributed by atoms with Gasteiger partial charge in [-0.05, 0) is 66.8 Å². The van der Waals surface area contributed by atoms with E-state index < -0.39 is 0 Å². The standard InChI is InChI=1S/C33H36FN5O2/c1-26-9-5-12-29-24-37(31(40)25-38-21-6-17-35-38)20-7-18-36(23-27-10-3-2-4-11-27)19-8-22-39(32(26)29)33(41)28-13-15-30(34)16-14-28/h2-6,9-17,21H,7-8,18-20,22-25H2,1H3. The topological polar surface area (TPSA) is 61.7 Å². The lowest BCUT2D eigenvalue weighted by Crippen LogP contribution is -2.40. The third-order valence-electron chi connectivity index (χ3n) is 7.51. The monoisotopic (exact) mass is 553 g/mol. The number of rotatable bonds is 5. The Morgan fingerprint density at radius 3 is 2.34 bits per heavy atom. The van der Waals surface area contributed by atoms with E-state index >= 15 is 0 Å². The van der Waals surface area contributed by atoms with Crippen LogP contribution in [0, 0.1) is 12.7 Å². The summed E-state index contributed by atoms with van der Waals surface area (Å²) in [7, 11) is 0. The first kappa shape index (κ1) is 28.2. The van der Waals surface area contributed by atoms with Crippen LogP contribution in [0.4, 0.5) is 10.1 Å². The van der Waals surface area contributed by atoms with Crippen molar-refractivity contribution in [3.8, 4) is 0 Å². The molecule has 0 bridgehead atoms. The van der Waals surface area contributed by atoms with Gasteiger partial charge >= 0.3 is 0 Å². The maximum absolute atomic E-state index is 13.9. The summed E-state index contributed by atoms with van der Waals surface area (Å²) in [6.07, 6.45) is 5.06. The minimum atomic E-state index is -0.380. The van der Waals surface area contributed by atoms with E-state index in [4.69, 9.17) is 0 Å². The first-order valence-electron chi connectivity index (χ1n) is 14.2. The number of anilines is 1. The molecule has 1 aromatic heterocycles. The van der Waals surface area contributed by atoms with E-state index in [1.807, 2.05) is 59.2 Å². The zero-order chi connectivity index (χ0) is 28.6. The zero-order valence-electron chi connectivity index (χ0n) is 23.5. The van der Waals surface area contributed by atoms with E-state index in [0.29, 0.717) is 25.2 Å². The van der Waals surface area contributed by atoms with Gasteiger partial charge in [0.25, 0.3) is 5.91 Å². The first-order chi connectivity index (χ1) is 20.0. The molecule has 5 rings (SSSR count). The lowest BCUT2D eigenvalue weighted by Gasteiger charge is -2.32. The van der Waals surface area contributed by atoms with Gasteiger partial charge in [-0.3, -0.25) is 19.2 Å². The predicted octanol–water partition coefficient (Wildman–Crippen LogP) is 5.30. The average molecular weight is 554 g/mol. The normalized spacial score (nSPS) is 15.1. The van der Waals surface area contributed by atoms with Crippen LogP contribution in [0.25, 0.3) is 0 Å². The lowest BCUT2D eigenvalue weighted by molar-refractivity contribution is -0.132. The van der Waals surface area contributed by atoms with Gasteiger partial charge in [-0.2, -0.15) is 5.10 Å². The molecule has 8 heteroatoms. The number of halogens is 1. The molecule has 4 aromatic rings. The van der Waals surface area contributed by atoms with Gasteiger partial charge in [-0.25, -0.2) is 4.39 Å². The number of aryl methyl sites for hydroxylation is 1. The molecule has 0 unspecified atom stereocenters. The highest BCUT2D eigenvalue weighted by Gasteiger charge is 2.25. The Morgan fingerprint density at radius 2 is 1.61 bits per heavy atom. The fourth-order valence-electron chi connectivity index (χ4n) is 5.48. The molecular formula is C33H36FN5O2. The van der Waals surface area contributed by atoms with Crippen molar-refractivity contribution in [1.29, 1.82) is 0 Å². The van der Waals surface area contributed by atoms with Crippen molar-refractivity contribution < 1.29 is 14.0 Å². The molecule has 0 saturated carbocycles. The van der Waals surface area contributed by atoms with Crippen LogP contribution in [-0.4, -0.2) is 57.6 Å². The van der Waals surface area contributed by atoms with Gasteiger partial charge in [0.05, 0.1) is 5.69 Å². The molecule has 2 amide bonds. The number of hydrogen-bond donors (Lipinski definition) is 0. The molecule has 7 nitrogen and oxygen atoms in total. The Kier molecular flexibility index (Phi) is 9.21. The third kappa shape index (κ3) is 7.27. The van der Waals surface area contributed by atoms with Crippen LogP contribution in [0.2, 0.25) is 0 Å². The van der Waals surface area contributed by atoms with Gasteiger partial charge < -0.3 is 9.80 Å². The number of fused-ring (bicyclic) bond motifs is 1. The highest BCUT2D eigenvalue weighted by molar-refractivity contribution is 6.07. The summed E-state index contributed by atoms with van der Waals surface area (Å²) in [5, 5.41) is 4.23. The van der Waals surface area contributed by atoms with Crippen molar-refractivity contribution in [3.63, 3.8) is 0 Å². The molecule has 212 valence electrons. The van der Waals surface area contributed by atoms with Crippen molar-refractivity contribution in [2.75, 3.05) is 31.1 Å². The van der Waals surface area contributed by atoms with E-state index in [1.165, 1.54) is 29.8 Å². The van der Waals surface area contributed by atoms with E-state index in [9.17, 15) is 14.0 Å². The van der Waals surface area contributed by atoms with Crippen LogP contribution < -0.4 is 4.90 Å². The average Bonchev–Trinajstić information content (AvgIpc) is 3.48. The van der Waals surface area contributed by atoms with E-state index in [0.717, 1.165) is 49.3 Å². The van der Waals surface area contributed by atoms with Crippen molar-refractivity contribution >= 4 is 17.5 Å². The fourth-order valence-corrected chi connectivity index (χ4v) is 5.48. The Morgan fingerprint density at radius 1 is 0.854 bits per heavy atom. The maximum Gasteiger partial charge on any atom is 0.258 e. The SMILES string of the molecule is Cc1cccc2c1N(C(=O)c1ccc(F)cc1)CCCN(Cc1ccccc1)CCCN(C(=O)Cn1cccn1)C2. The number of carbonyl (C=O) groups is 2. The van der Waals surface area contributed by atoms with Crippen LogP contribution in [0.1, 0.15) is 39.9 Å². The summed E-state index contributed by atoms with van der Waals surface area (Å²) in [6, 6.07) is 23.8. The maximum atomic E-state index is 13.9.